The number of carbonyl (C=O) groups is 1. The Labute approximate surface area is 42.9 Å². The summed E-state index contributed by atoms with van der Waals surface area (Å²) in [5.74, 6) is 0.650. The van der Waals surface area contributed by atoms with Crippen molar-refractivity contribution in [1.29, 1.82) is 0 Å². The molecule has 1 aliphatic heterocycles. The van der Waals surface area contributed by atoms with Crippen LogP contribution in [-0.2, 0) is 4.79 Å². The maximum Gasteiger partial charge on any atom is 0.120 e. The van der Waals surface area contributed by atoms with Crippen molar-refractivity contribution < 1.29 is 4.79 Å². The zero-order chi connectivity index (χ0) is 5.11. The summed E-state index contributed by atoms with van der Waals surface area (Å²) >= 11 is 0. The summed E-state index contributed by atoms with van der Waals surface area (Å²) in [4.78, 5) is 9.78. The van der Waals surface area contributed by atoms with Gasteiger partial charge < -0.3 is 10.1 Å². The van der Waals surface area contributed by atoms with E-state index >= 15 is 0 Å². The molecule has 40 valence electrons. The van der Waals surface area contributed by atoms with E-state index in [1.807, 2.05) is 0 Å². The minimum atomic E-state index is 0.650. The van der Waals surface area contributed by atoms with Crippen LogP contribution in [0.5, 0.6) is 0 Å². The molecule has 0 saturated carbocycles. The zero-order valence-corrected chi connectivity index (χ0v) is 4.18. The number of nitrogens with one attached hydrogen (secondary N) is 1. The smallest absolute Gasteiger partial charge is 0.120 e. The van der Waals surface area contributed by atoms with Gasteiger partial charge in [-0.3, -0.25) is 0 Å². The molecule has 0 bridgehead atoms. The van der Waals surface area contributed by atoms with Gasteiger partial charge in [0.25, 0.3) is 0 Å². The van der Waals surface area contributed by atoms with Gasteiger partial charge in [-0.05, 0) is 19.0 Å². The van der Waals surface area contributed by atoms with Gasteiger partial charge in [0.15, 0.2) is 0 Å². The average Bonchev–Trinajstić information content (AvgIpc) is 1.55. The Morgan fingerprint density at radius 3 is 2.57 bits per heavy atom. The highest BCUT2D eigenvalue weighted by Gasteiger charge is 2.14. The summed E-state index contributed by atoms with van der Waals surface area (Å²) < 4.78 is 0. The lowest BCUT2D eigenvalue weighted by atomic mass is 10.0. The van der Waals surface area contributed by atoms with Crippen molar-refractivity contribution in [2.75, 3.05) is 13.1 Å². The molecule has 0 amide bonds. The Kier molecular flexibility index (Phi) is 1.42. The van der Waals surface area contributed by atoms with Crippen LogP contribution in [-0.4, -0.2) is 19.4 Å². The van der Waals surface area contributed by atoms with Crippen molar-refractivity contribution in [3.63, 3.8) is 0 Å². The third kappa shape index (κ3) is 0.996. The molecule has 0 atom stereocenters. The summed E-state index contributed by atoms with van der Waals surface area (Å²) in [5.41, 5.74) is 0. The maximum absolute atomic E-state index is 9.78. The first-order valence-electron chi connectivity index (χ1n) is 2.58. The van der Waals surface area contributed by atoms with Gasteiger partial charge in [0.2, 0.25) is 0 Å². The molecule has 0 aromatic carbocycles. The summed E-state index contributed by atoms with van der Waals surface area (Å²) in [6.45, 7) is 2.08. The van der Waals surface area contributed by atoms with Crippen molar-refractivity contribution in [3.05, 3.63) is 0 Å². The van der Waals surface area contributed by atoms with Gasteiger partial charge in [-0.15, -0.1) is 0 Å². The molecule has 0 aliphatic carbocycles. The highest BCUT2D eigenvalue weighted by Crippen LogP contribution is 2.04. The second kappa shape index (κ2) is 2.07. The monoisotopic (exact) mass is 99.1 g/mol. The van der Waals surface area contributed by atoms with Crippen LogP contribution in [0.2, 0.25) is 0 Å². The van der Waals surface area contributed by atoms with Crippen LogP contribution in [0, 0.1) is 5.92 Å². The molecule has 0 aromatic heterocycles. The summed E-state index contributed by atoms with van der Waals surface area (Å²) in [5, 5.41) is 3.09. The van der Waals surface area contributed by atoms with Crippen LogP contribution in [0.1, 0.15) is 6.42 Å². The number of hydrogen-bond acceptors (Lipinski definition) is 2. The van der Waals surface area contributed by atoms with Crippen molar-refractivity contribution in [1.82, 2.24) is 5.32 Å². The van der Waals surface area contributed by atoms with Gasteiger partial charge in [0.1, 0.15) is 6.29 Å². The molecule has 0 unspecified atom stereocenters. The molecular weight excluding hydrogens is 90.1 g/mol. The Morgan fingerprint density at radius 1 is 1.71 bits per heavy atom. The van der Waals surface area contributed by atoms with Crippen LogP contribution < -0.4 is 5.32 Å². The third-order valence-electron chi connectivity index (χ3n) is 1.30. The Morgan fingerprint density at radius 2 is 2.43 bits per heavy atom. The van der Waals surface area contributed by atoms with Gasteiger partial charge in [-0.1, -0.05) is 0 Å². The number of aldehydes is 1. The lowest BCUT2D eigenvalue weighted by molar-refractivity contribution is -0.108. The summed E-state index contributed by atoms with van der Waals surface area (Å²) in [6.07, 6.45) is 1.73. The van der Waals surface area contributed by atoms with Crippen molar-refractivity contribution in [2.24, 2.45) is 5.92 Å². The Bertz CT molecular complexity index is 68.5. The van der Waals surface area contributed by atoms with Gasteiger partial charge in [-0.2, -0.15) is 0 Å². The Hall–Kier alpha value is -0.370. The van der Waals surface area contributed by atoms with E-state index in [1.165, 1.54) is 0 Å². The fourth-order valence-electron chi connectivity index (χ4n) is 0.651. The lowest BCUT2D eigenvalue weighted by Gasteiger charge is -2.24. The average molecular weight is 99.1 g/mol. The van der Waals surface area contributed by atoms with Gasteiger partial charge in [0, 0.05) is 6.42 Å². The van der Waals surface area contributed by atoms with Crippen molar-refractivity contribution in [2.45, 2.75) is 6.42 Å². The van der Waals surface area contributed by atoms with E-state index in [0.717, 1.165) is 25.8 Å². The molecular formula is C5H9NO. The Balaban J connectivity index is 2.03. The quantitative estimate of drug-likeness (QED) is 0.485. The van der Waals surface area contributed by atoms with Crippen LogP contribution >= 0.6 is 0 Å². The molecule has 0 aromatic rings. The second-order valence-corrected chi connectivity index (χ2v) is 1.93. The molecule has 1 N–H and O–H groups in total. The third-order valence-corrected chi connectivity index (χ3v) is 1.30. The fourth-order valence-corrected chi connectivity index (χ4v) is 0.651. The van der Waals surface area contributed by atoms with E-state index in [1.54, 1.807) is 0 Å². The summed E-state index contributed by atoms with van der Waals surface area (Å²) in [6, 6.07) is 0. The highest BCUT2D eigenvalue weighted by atomic mass is 16.1. The van der Waals surface area contributed by atoms with Crippen LogP contribution in [0.3, 0.4) is 0 Å². The van der Waals surface area contributed by atoms with Gasteiger partial charge >= 0.3 is 0 Å². The normalized spacial score (nSPS) is 21.1. The number of rotatable bonds is 2. The summed E-state index contributed by atoms with van der Waals surface area (Å²) in [7, 11) is 0. The van der Waals surface area contributed by atoms with Crippen LogP contribution in [0.25, 0.3) is 0 Å². The van der Waals surface area contributed by atoms with E-state index in [-0.39, 0.29) is 0 Å². The van der Waals surface area contributed by atoms with Crippen LogP contribution in [0.4, 0.5) is 0 Å². The maximum atomic E-state index is 9.78. The standard InChI is InChI=1S/C5H9NO/c7-2-1-5-3-6-4-5/h2,5-6H,1,3-4H2. The minimum absolute atomic E-state index is 0.650. The molecule has 1 aliphatic rings. The fraction of sp³-hybridized carbons (Fsp3) is 0.800. The van der Waals surface area contributed by atoms with Crippen molar-refractivity contribution >= 4 is 6.29 Å². The first-order valence-corrected chi connectivity index (χ1v) is 2.58. The predicted molar refractivity (Wildman–Crippen MR) is 27.0 cm³/mol. The molecule has 1 fully saturated rings. The molecule has 2 nitrogen and oxygen atoms in total. The van der Waals surface area contributed by atoms with E-state index in [9.17, 15) is 4.79 Å². The predicted octanol–water partition coefficient (Wildman–Crippen LogP) is -0.205. The van der Waals surface area contributed by atoms with E-state index in [4.69, 9.17) is 0 Å². The number of hydrogen-bond donors (Lipinski definition) is 1. The van der Waals surface area contributed by atoms with Gasteiger partial charge in [-0.25, -0.2) is 0 Å². The van der Waals surface area contributed by atoms with Gasteiger partial charge in [0.05, 0.1) is 0 Å². The van der Waals surface area contributed by atoms with E-state index in [2.05, 4.69) is 5.32 Å². The first kappa shape index (κ1) is 4.78. The molecule has 1 rings (SSSR count). The zero-order valence-electron chi connectivity index (χ0n) is 4.18. The van der Waals surface area contributed by atoms with E-state index < -0.39 is 0 Å². The molecule has 7 heavy (non-hydrogen) atoms. The lowest BCUT2D eigenvalue weighted by Crippen LogP contribution is -2.41. The minimum Gasteiger partial charge on any atom is -0.316 e. The number of carbonyl (C=O) groups excluding carboxylic acids is 1. The SMILES string of the molecule is O=CCC1CNC1. The van der Waals surface area contributed by atoms with Crippen LogP contribution in [0.15, 0.2) is 0 Å². The molecule has 1 saturated heterocycles. The first-order chi connectivity index (χ1) is 3.43. The largest absolute Gasteiger partial charge is 0.316 e. The molecule has 0 radical (unpaired) electrons. The molecule has 1 heterocycles. The van der Waals surface area contributed by atoms with E-state index in [0.29, 0.717) is 5.92 Å². The van der Waals surface area contributed by atoms with Crippen molar-refractivity contribution in [3.8, 4) is 0 Å². The molecule has 0 spiro atoms. The highest BCUT2D eigenvalue weighted by molar-refractivity contribution is 5.50. The second-order valence-electron chi connectivity index (χ2n) is 1.93. The molecule has 2 heteroatoms. The topological polar surface area (TPSA) is 29.1 Å².